The van der Waals surface area contributed by atoms with E-state index in [4.69, 9.17) is 4.74 Å². The summed E-state index contributed by atoms with van der Waals surface area (Å²) < 4.78 is 34.8. The number of hydrogen-bond acceptors (Lipinski definition) is 8. The van der Waals surface area contributed by atoms with E-state index in [2.05, 4.69) is 34.9 Å². The fraction of sp³-hybridized carbons (Fsp3) is 0.500. The van der Waals surface area contributed by atoms with Gasteiger partial charge in [0.15, 0.2) is 5.65 Å². The molecule has 3 aromatic rings. The van der Waals surface area contributed by atoms with Crippen molar-refractivity contribution < 1.29 is 13.2 Å². The number of H-pyrrole nitrogens is 1. The van der Waals surface area contributed by atoms with Crippen LogP contribution in [0.2, 0.25) is 0 Å². The first-order valence-electron chi connectivity index (χ1n) is 8.98. The average molecular weight is 406 g/mol. The van der Waals surface area contributed by atoms with E-state index in [-0.39, 0.29) is 11.4 Å². The minimum absolute atomic E-state index is 0.181. The molecule has 0 aromatic carbocycles. The number of morpholine rings is 1. The third kappa shape index (κ3) is 3.45. The monoisotopic (exact) mass is 406 g/mol. The summed E-state index contributed by atoms with van der Waals surface area (Å²) >= 11 is 0. The number of fused-ring (bicyclic) bond motifs is 1. The van der Waals surface area contributed by atoms with Gasteiger partial charge in [-0.3, -0.25) is 5.10 Å². The van der Waals surface area contributed by atoms with E-state index in [0.717, 1.165) is 24.3 Å². The largest absolute Gasteiger partial charge is 0.378 e. The highest BCUT2D eigenvalue weighted by Crippen LogP contribution is 2.23. The Bertz CT molecular complexity index is 1070. The third-order valence-electron chi connectivity index (χ3n) is 4.67. The summed E-state index contributed by atoms with van der Waals surface area (Å²) in [7, 11) is -3.65. The van der Waals surface area contributed by atoms with Crippen LogP contribution in [0.3, 0.4) is 0 Å². The van der Waals surface area contributed by atoms with Crippen LogP contribution >= 0.6 is 0 Å². The van der Waals surface area contributed by atoms with Gasteiger partial charge >= 0.3 is 0 Å². The van der Waals surface area contributed by atoms with E-state index < -0.39 is 10.0 Å². The molecule has 4 rings (SSSR count). The summed E-state index contributed by atoms with van der Waals surface area (Å²) in [5.74, 6) is 0.824. The van der Waals surface area contributed by atoms with E-state index >= 15 is 0 Å². The molecule has 0 unspecified atom stereocenters. The van der Waals surface area contributed by atoms with Crippen molar-refractivity contribution in [3.63, 3.8) is 0 Å². The normalized spacial score (nSPS) is 15.4. The van der Waals surface area contributed by atoms with Gasteiger partial charge in [0.1, 0.15) is 17.0 Å². The predicted molar refractivity (Wildman–Crippen MR) is 102 cm³/mol. The second-order valence-corrected chi connectivity index (χ2v) is 8.27. The molecule has 11 nitrogen and oxygen atoms in total. The molecule has 0 saturated carbocycles. The van der Waals surface area contributed by atoms with Crippen molar-refractivity contribution >= 4 is 26.9 Å². The minimum Gasteiger partial charge on any atom is -0.378 e. The average Bonchev–Trinajstić information content (AvgIpc) is 3.25. The number of nitrogens with zero attached hydrogens (tertiary/aromatic N) is 6. The molecule has 150 valence electrons. The Labute approximate surface area is 162 Å². The Hall–Kier alpha value is -2.57. The van der Waals surface area contributed by atoms with Crippen LogP contribution in [-0.2, 0) is 21.3 Å². The van der Waals surface area contributed by atoms with Gasteiger partial charge < -0.3 is 9.64 Å². The summed E-state index contributed by atoms with van der Waals surface area (Å²) in [5, 5.41) is 11.8. The standard InChI is InChI=1S/C16H22N8O3S/c1-11-14(12(2)22-21-11)28(25,26)20-3-4-24-16-13(9-19-24)15(17-10-18-16)23-5-7-27-8-6-23/h9-10,20H,3-8H2,1-2H3,(H,21,22). The predicted octanol–water partition coefficient (Wildman–Crippen LogP) is -0.0187. The minimum atomic E-state index is -3.65. The topological polar surface area (TPSA) is 131 Å². The van der Waals surface area contributed by atoms with Gasteiger partial charge in [-0.25, -0.2) is 27.8 Å². The lowest BCUT2D eigenvalue weighted by molar-refractivity contribution is 0.122. The SMILES string of the molecule is Cc1n[nH]c(C)c1S(=O)(=O)NCCn1ncc2c(N3CCOCC3)ncnc21. The fourth-order valence-corrected chi connectivity index (χ4v) is 4.75. The van der Waals surface area contributed by atoms with Crippen molar-refractivity contribution in [2.45, 2.75) is 25.3 Å². The molecule has 0 amide bonds. The van der Waals surface area contributed by atoms with Crippen molar-refractivity contribution in [3.05, 3.63) is 23.9 Å². The van der Waals surface area contributed by atoms with Gasteiger partial charge in [0.05, 0.1) is 42.7 Å². The van der Waals surface area contributed by atoms with Crippen LogP contribution in [0.1, 0.15) is 11.4 Å². The second-order valence-electron chi connectivity index (χ2n) is 6.56. The molecule has 0 bridgehead atoms. The highest BCUT2D eigenvalue weighted by Gasteiger charge is 2.22. The van der Waals surface area contributed by atoms with Crippen LogP contribution in [0.4, 0.5) is 5.82 Å². The molecule has 0 atom stereocenters. The van der Waals surface area contributed by atoms with E-state index in [1.165, 1.54) is 6.33 Å². The molecule has 2 N–H and O–H groups in total. The number of aromatic nitrogens is 6. The number of hydrogen-bond donors (Lipinski definition) is 2. The summed E-state index contributed by atoms with van der Waals surface area (Å²) in [4.78, 5) is 11.1. The van der Waals surface area contributed by atoms with Gasteiger partial charge in [-0.05, 0) is 13.8 Å². The van der Waals surface area contributed by atoms with E-state index in [1.807, 2.05) is 0 Å². The number of anilines is 1. The zero-order valence-corrected chi connectivity index (χ0v) is 16.5. The Kier molecular flexibility index (Phi) is 5.00. The Morgan fingerprint density at radius 3 is 2.75 bits per heavy atom. The highest BCUT2D eigenvalue weighted by molar-refractivity contribution is 7.89. The zero-order valence-electron chi connectivity index (χ0n) is 15.7. The van der Waals surface area contributed by atoms with Crippen LogP contribution in [0.5, 0.6) is 0 Å². The van der Waals surface area contributed by atoms with E-state index in [0.29, 0.717) is 36.8 Å². The van der Waals surface area contributed by atoms with Crippen molar-refractivity contribution in [2.75, 3.05) is 37.7 Å². The molecular weight excluding hydrogens is 384 g/mol. The fourth-order valence-electron chi connectivity index (χ4n) is 3.37. The van der Waals surface area contributed by atoms with Crippen molar-refractivity contribution in [3.8, 4) is 0 Å². The molecule has 0 spiro atoms. The number of aryl methyl sites for hydroxylation is 2. The third-order valence-corrected chi connectivity index (χ3v) is 6.39. The number of nitrogens with one attached hydrogen (secondary N) is 2. The maximum absolute atomic E-state index is 12.5. The number of sulfonamides is 1. The van der Waals surface area contributed by atoms with Crippen LogP contribution < -0.4 is 9.62 Å². The van der Waals surface area contributed by atoms with Crippen molar-refractivity contribution in [2.24, 2.45) is 0 Å². The van der Waals surface area contributed by atoms with Crippen LogP contribution in [0.15, 0.2) is 17.4 Å². The molecule has 0 aliphatic carbocycles. The zero-order chi connectivity index (χ0) is 19.7. The second kappa shape index (κ2) is 7.45. The van der Waals surface area contributed by atoms with Gasteiger partial charge in [-0.2, -0.15) is 10.2 Å². The van der Waals surface area contributed by atoms with E-state index in [9.17, 15) is 8.42 Å². The van der Waals surface area contributed by atoms with Gasteiger partial charge in [-0.1, -0.05) is 0 Å². The maximum Gasteiger partial charge on any atom is 0.244 e. The van der Waals surface area contributed by atoms with Gasteiger partial charge in [0.25, 0.3) is 0 Å². The molecule has 12 heteroatoms. The van der Waals surface area contributed by atoms with Crippen LogP contribution in [-0.4, -0.2) is 71.2 Å². The van der Waals surface area contributed by atoms with Gasteiger partial charge in [-0.15, -0.1) is 0 Å². The molecule has 1 aliphatic heterocycles. The molecule has 28 heavy (non-hydrogen) atoms. The number of rotatable bonds is 6. The lowest BCUT2D eigenvalue weighted by Gasteiger charge is -2.27. The molecule has 1 fully saturated rings. The maximum atomic E-state index is 12.5. The summed E-state index contributed by atoms with van der Waals surface area (Å²) in [6.45, 7) is 6.71. The summed E-state index contributed by atoms with van der Waals surface area (Å²) in [5.41, 5.74) is 1.63. The Morgan fingerprint density at radius 2 is 2.04 bits per heavy atom. The molecule has 4 heterocycles. The smallest absolute Gasteiger partial charge is 0.244 e. The van der Waals surface area contributed by atoms with Crippen LogP contribution in [0, 0.1) is 13.8 Å². The molecule has 0 radical (unpaired) electrons. The Morgan fingerprint density at radius 1 is 1.25 bits per heavy atom. The number of ether oxygens (including phenoxy) is 1. The Balaban J connectivity index is 1.50. The first-order chi connectivity index (χ1) is 13.5. The number of aromatic amines is 1. The highest BCUT2D eigenvalue weighted by atomic mass is 32.2. The van der Waals surface area contributed by atoms with Gasteiger partial charge in [0, 0.05) is 19.6 Å². The van der Waals surface area contributed by atoms with Crippen molar-refractivity contribution in [1.29, 1.82) is 0 Å². The lowest BCUT2D eigenvalue weighted by Crippen LogP contribution is -2.36. The molecular formula is C16H22N8O3S. The quantitative estimate of drug-likeness (QED) is 0.584. The summed E-state index contributed by atoms with van der Waals surface area (Å²) in [6, 6.07) is 0. The van der Waals surface area contributed by atoms with Crippen LogP contribution in [0.25, 0.3) is 11.0 Å². The summed E-state index contributed by atoms with van der Waals surface area (Å²) in [6.07, 6.45) is 3.23. The first kappa shape index (κ1) is 18.8. The van der Waals surface area contributed by atoms with Gasteiger partial charge in [0.2, 0.25) is 10.0 Å². The van der Waals surface area contributed by atoms with E-state index in [1.54, 1.807) is 24.7 Å². The molecule has 1 saturated heterocycles. The lowest BCUT2D eigenvalue weighted by atomic mass is 10.3. The first-order valence-corrected chi connectivity index (χ1v) is 10.5. The molecule has 3 aromatic heterocycles. The molecule has 1 aliphatic rings. The van der Waals surface area contributed by atoms with Crippen molar-refractivity contribution in [1.82, 2.24) is 34.7 Å².